The molecule has 0 aromatic carbocycles. The second kappa shape index (κ2) is 6.72. The van der Waals surface area contributed by atoms with Crippen LogP contribution < -0.4 is 5.32 Å². The van der Waals surface area contributed by atoms with E-state index in [0.717, 1.165) is 16.1 Å². The summed E-state index contributed by atoms with van der Waals surface area (Å²) in [6.45, 7) is 3.97. The molecular formula is C18H17N5O2S. The standard InChI is InChI=1S/C18H17N5O2S/c1-3-25-17(24)14-11(2)20-18-21-16(12-6-4-8-19-10-12)22-23(18)15(14)13-7-5-9-26-13/h4-10,15H,3H2,1-2H3,(H,20,21,22). The number of pyridine rings is 1. The highest BCUT2D eigenvalue weighted by Gasteiger charge is 2.35. The quantitative estimate of drug-likeness (QED) is 0.713. The van der Waals surface area contributed by atoms with E-state index in [4.69, 9.17) is 4.74 Å². The van der Waals surface area contributed by atoms with Crippen molar-refractivity contribution in [3.8, 4) is 11.4 Å². The molecule has 4 rings (SSSR count). The zero-order valence-electron chi connectivity index (χ0n) is 14.3. The minimum absolute atomic E-state index is 0.317. The molecule has 0 bridgehead atoms. The molecule has 1 aliphatic heterocycles. The smallest absolute Gasteiger partial charge is 0.338 e. The van der Waals surface area contributed by atoms with Crippen LogP contribution in [-0.2, 0) is 9.53 Å². The number of ether oxygens (including phenoxy) is 1. The Kier molecular flexibility index (Phi) is 4.26. The van der Waals surface area contributed by atoms with Crippen molar-refractivity contribution in [2.75, 3.05) is 11.9 Å². The second-order valence-corrected chi connectivity index (χ2v) is 6.73. The summed E-state index contributed by atoms with van der Waals surface area (Å²) in [6, 6.07) is 7.32. The fourth-order valence-corrected chi connectivity index (χ4v) is 3.77. The topological polar surface area (TPSA) is 81.9 Å². The Bertz CT molecular complexity index is 963. The number of thiophene rings is 1. The van der Waals surface area contributed by atoms with Crippen molar-refractivity contribution in [1.29, 1.82) is 0 Å². The number of hydrogen-bond donors (Lipinski definition) is 1. The monoisotopic (exact) mass is 367 g/mol. The lowest BCUT2D eigenvalue weighted by atomic mass is 10.0. The number of fused-ring (bicyclic) bond motifs is 1. The number of carbonyl (C=O) groups excluding carboxylic acids is 1. The largest absolute Gasteiger partial charge is 0.463 e. The van der Waals surface area contributed by atoms with Crippen molar-refractivity contribution in [3.05, 3.63) is 58.2 Å². The third kappa shape index (κ3) is 2.78. The lowest BCUT2D eigenvalue weighted by Crippen LogP contribution is -2.29. The third-order valence-corrected chi connectivity index (χ3v) is 5.01. The molecule has 0 saturated carbocycles. The molecule has 0 spiro atoms. The first-order valence-electron chi connectivity index (χ1n) is 8.24. The predicted octanol–water partition coefficient (Wildman–Crippen LogP) is 3.25. The van der Waals surface area contributed by atoms with E-state index in [9.17, 15) is 4.79 Å². The first-order chi connectivity index (χ1) is 12.7. The van der Waals surface area contributed by atoms with Crippen molar-refractivity contribution in [3.63, 3.8) is 0 Å². The van der Waals surface area contributed by atoms with E-state index >= 15 is 0 Å². The van der Waals surface area contributed by atoms with Crippen LogP contribution >= 0.6 is 11.3 Å². The number of rotatable bonds is 4. The molecule has 0 saturated heterocycles. The summed E-state index contributed by atoms with van der Waals surface area (Å²) in [5.41, 5.74) is 2.08. The number of aromatic nitrogens is 4. The molecule has 3 aromatic heterocycles. The number of carbonyl (C=O) groups is 1. The Morgan fingerprint density at radius 1 is 1.38 bits per heavy atom. The van der Waals surface area contributed by atoms with Gasteiger partial charge in [0.1, 0.15) is 6.04 Å². The first kappa shape index (κ1) is 16.5. The Balaban J connectivity index is 1.84. The zero-order chi connectivity index (χ0) is 18.1. The highest BCUT2D eigenvalue weighted by molar-refractivity contribution is 7.10. The van der Waals surface area contributed by atoms with Crippen LogP contribution in [0.15, 0.2) is 53.3 Å². The lowest BCUT2D eigenvalue weighted by Gasteiger charge is -2.27. The minimum Gasteiger partial charge on any atom is -0.463 e. The van der Waals surface area contributed by atoms with E-state index < -0.39 is 0 Å². The van der Waals surface area contributed by atoms with Crippen molar-refractivity contribution in [2.24, 2.45) is 0 Å². The predicted molar refractivity (Wildman–Crippen MR) is 98.7 cm³/mol. The van der Waals surface area contributed by atoms with Gasteiger partial charge in [0.2, 0.25) is 5.95 Å². The van der Waals surface area contributed by atoms with Crippen LogP contribution in [0.5, 0.6) is 0 Å². The van der Waals surface area contributed by atoms with Gasteiger partial charge in [-0.25, -0.2) is 9.48 Å². The Morgan fingerprint density at radius 2 is 2.27 bits per heavy atom. The summed E-state index contributed by atoms with van der Waals surface area (Å²) in [5.74, 6) is 0.799. The summed E-state index contributed by atoms with van der Waals surface area (Å²) in [6.07, 6.45) is 3.42. The van der Waals surface area contributed by atoms with Crippen LogP contribution in [-0.4, -0.2) is 32.3 Å². The Labute approximate surface area is 154 Å². The van der Waals surface area contributed by atoms with Crippen LogP contribution in [0.25, 0.3) is 11.4 Å². The fraction of sp³-hybridized carbons (Fsp3) is 0.222. The van der Waals surface area contributed by atoms with E-state index in [0.29, 0.717) is 24.0 Å². The summed E-state index contributed by atoms with van der Waals surface area (Å²) in [7, 11) is 0. The molecule has 1 aliphatic rings. The average Bonchev–Trinajstić information content (AvgIpc) is 3.31. The molecule has 8 heteroatoms. The number of anilines is 1. The second-order valence-electron chi connectivity index (χ2n) is 5.75. The van der Waals surface area contributed by atoms with Gasteiger partial charge in [0.25, 0.3) is 0 Å². The van der Waals surface area contributed by atoms with Gasteiger partial charge in [0.15, 0.2) is 5.82 Å². The molecule has 3 aromatic rings. The van der Waals surface area contributed by atoms with E-state index in [2.05, 4.69) is 20.4 Å². The van der Waals surface area contributed by atoms with Gasteiger partial charge in [-0.3, -0.25) is 4.98 Å². The maximum absolute atomic E-state index is 12.6. The van der Waals surface area contributed by atoms with Gasteiger partial charge in [0, 0.05) is 28.5 Å². The van der Waals surface area contributed by atoms with Crippen LogP contribution in [0.3, 0.4) is 0 Å². The number of esters is 1. The van der Waals surface area contributed by atoms with E-state index in [1.807, 2.05) is 36.6 Å². The fourth-order valence-electron chi connectivity index (χ4n) is 2.95. The minimum atomic E-state index is -0.372. The summed E-state index contributed by atoms with van der Waals surface area (Å²) < 4.78 is 7.03. The van der Waals surface area contributed by atoms with Gasteiger partial charge < -0.3 is 10.1 Å². The number of nitrogens with zero attached hydrogens (tertiary/aromatic N) is 4. The average molecular weight is 367 g/mol. The molecular weight excluding hydrogens is 350 g/mol. The molecule has 7 nitrogen and oxygen atoms in total. The molecule has 0 fully saturated rings. The van der Waals surface area contributed by atoms with Gasteiger partial charge >= 0.3 is 5.97 Å². The van der Waals surface area contributed by atoms with Crippen molar-refractivity contribution in [1.82, 2.24) is 19.7 Å². The number of nitrogens with one attached hydrogen (secondary N) is 1. The normalized spacial score (nSPS) is 16.2. The van der Waals surface area contributed by atoms with Gasteiger partial charge in [-0.2, -0.15) is 4.98 Å². The van der Waals surface area contributed by atoms with E-state index in [-0.39, 0.29) is 12.0 Å². The van der Waals surface area contributed by atoms with E-state index in [1.165, 1.54) is 0 Å². The maximum Gasteiger partial charge on any atom is 0.338 e. The number of hydrogen-bond acceptors (Lipinski definition) is 7. The molecule has 1 atom stereocenters. The summed E-state index contributed by atoms with van der Waals surface area (Å²) in [4.78, 5) is 22.3. The summed E-state index contributed by atoms with van der Waals surface area (Å²) >= 11 is 1.57. The van der Waals surface area contributed by atoms with Crippen molar-refractivity contribution in [2.45, 2.75) is 19.9 Å². The van der Waals surface area contributed by atoms with Crippen molar-refractivity contribution >= 4 is 23.3 Å². The molecule has 1 unspecified atom stereocenters. The maximum atomic E-state index is 12.6. The Morgan fingerprint density at radius 3 is 2.96 bits per heavy atom. The zero-order valence-corrected chi connectivity index (χ0v) is 15.2. The molecule has 26 heavy (non-hydrogen) atoms. The first-order valence-corrected chi connectivity index (χ1v) is 9.12. The SMILES string of the molecule is CCOC(=O)C1=C(C)Nc2nc(-c3cccnc3)nn2C1c1cccs1. The molecule has 4 heterocycles. The third-order valence-electron chi connectivity index (χ3n) is 4.08. The summed E-state index contributed by atoms with van der Waals surface area (Å²) in [5, 5.41) is 9.82. The molecule has 1 N–H and O–H groups in total. The van der Waals surface area contributed by atoms with Crippen LogP contribution in [0.2, 0.25) is 0 Å². The molecule has 0 amide bonds. The van der Waals surface area contributed by atoms with Gasteiger partial charge in [-0.05, 0) is 37.4 Å². The number of allylic oxidation sites excluding steroid dienone is 1. The van der Waals surface area contributed by atoms with E-state index in [1.54, 1.807) is 35.3 Å². The Hall–Kier alpha value is -3.00. The van der Waals surface area contributed by atoms with Crippen LogP contribution in [0.4, 0.5) is 5.95 Å². The van der Waals surface area contributed by atoms with Crippen LogP contribution in [0.1, 0.15) is 24.8 Å². The van der Waals surface area contributed by atoms with Crippen LogP contribution in [0, 0.1) is 0 Å². The van der Waals surface area contributed by atoms with Crippen molar-refractivity contribution < 1.29 is 9.53 Å². The van der Waals surface area contributed by atoms with Gasteiger partial charge in [-0.1, -0.05) is 6.07 Å². The highest BCUT2D eigenvalue weighted by atomic mass is 32.1. The van der Waals surface area contributed by atoms with Gasteiger partial charge in [0.05, 0.1) is 12.2 Å². The lowest BCUT2D eigenvalue weighted by molar-refractivity contribution is -0.139. The highest BCUT2D eigenvalue weighted by Crippen LogP contribution is 2.38. The molecule has 0 aliphatic carbocycles. The molecule has 132 valence electrons. The molecule has 0 radical (unpaired) electrons. The van der Waals surface area contributed by atoms with Gasteiger partial charge in [-0.15, -0.1) is 16.4 Å².